The summed E-state index contributed by atoms with van der Waals surface area (Å²) in [7, 11) is 0. The lowest BCUT2D eigenvalue weighted by Crippen LogP contribution is -2.42. The SMILES string of the molecule is Clc1ccc(C(C(=NC2CCCCC2)N2CCCC2)N2CCCC2)cc1. The predicted octanol–water partition coefficient (Wildman–Crippen LogP) is 5.30. The number of likely N-dealkylation sites (tertiary alicyclic amines) is 2. The average Bonchev–Trinajstić information content (AvgIpc) is 3.38. The summed E-state index contributed by atoms with van der Waals surface area (Å²) in [5.41, 5.74) is 1.36. The molecule has 1 saturated carbocycles. The van der Waals surface area contributed by atoms with Crippen molar-refractivity contribution in [2.24, 2.45) is 4.99 Å². The van der Waals surface area contributed by atoms with Crippen LogP contribution in [0, 0.1) is 0 Å². The maximum atomic E-state index is 6.18. The third-order valence-electron chi connectivity index (χ3n) is 6.26. The molecule has 0 aromatic heterocycles. The highest BCUT2D eigenvalue weighted by Gasteiger charge is 2.33. The number of aliphatic imine (C=N–C) groups is 1. The second kappa shape index (κ2) is 8.75. The van der Waals surface area contributed by atoms with Crippen molar-refractivity contribution in [3.8, 4) is 0 Å². The molecule has 4 rings (SSSR count). The first-order valence-electron chi connectivity index (χ1n) is 10.6. The number of nitrogens with zero attached hydrogens (tertiary/aromatic N) is 3. The third-order valence-corrected chi connectivity index (χ3v) is 6.51. The Balaban J connectivity index is 1.69. The Morgan fingerprint density at radius 2 is 1.46 bits per heavy atom. The fourth-order valence-electron chi connectivity index (χ4n) is 4.84. The van der Waals surface area contributed by atoms with E-state index in [-0.39, 0.29) is 0 Å². The van der Waals surface area contributed by atoms with E-state index in [1.807, 2.05) is 12.1 Å². The zero-order valence-corrected chi connectivity index (χ0v) is 16.6. The van der Waals surface area contributed by atoms with Crippen LogP contribution in [0.2, 0.25) is 5.02 Å². The van der Waals surface area contributed by atoms with Crippen molar-refractivity contribution in [1.29, 1.82) is 0 Å². The lowest BCUT2D eigenvalue weighted by atomic mass is 9.95. The van der Waals surface area contributed by atoms with E-state index in [4.69, 9.17) is 16.6 Å². The summed E-state index contributed by atoms with van der Waals surface area (Å²) in [6, 6.07) is 9.35. The molecule has 4 heteroatoms. The van der Waals surface area contributed by atoms with E-state index in [9.17, 15) is 0 Å². The molecule has 1 aromatic carbocycles. The van der Waals surface area contributed by atoms with Crippen molar-refractivity contribution in [2.45, 2.75) is 69.9 Å². The molecule has 1 aromatic rings. The van der Waals surface area contributed by atoms with Gasteiger partial charge in [0.2, 0.25) is 0 Å². The second-order valence-electron chi connectivity index (χ2n) is 8.17. The Labute approximate surface area is 163 Å². The van der Waals surface area contributed by atoms with Crippen LogP contribution in [0.5, 0.6) is 0 Å². The first-order chi connectivity index (χ1) is 12.8. The minimum absolute atomic E-state index is 0.301. The van der Waals surface area contributed by atoms with E-state index >= 15 is 0 Å². The van der Waals surface area contributed by atoms with E-state index in [0.717, 1.165) is 5.02 Å². The van der Waals surface area contributed by atoms with Crippen LogP contribution in [0.3, 0.4) is 0 Å². The molecule has 1 unspecified atom stereocenters. The Morgan fingerprint density at radius 3 is 2.12 bits per heavy atom. The smallest absolute Gasteiger partial charge is 0.121 e. The Bertz CT molecular complexity index is 594. The van der Waals surface area contributed by atoms with Crippen LogP contribution in [0.4, 0.5) is 0 Å². The van der Waals surface area contributed by atoms with Gasteiger partial charge in [-0.2, -0.15) is 0 Å². The van der Waals surface area contributed by atoms with Crippen LogP contribution in [0.25, 0.3) is 0 Å². The molecule has 3 nitrogen and oxygen atoms in total. The van der Waals surface area contributed by atoms with Crippen LogP contribution >= 0.6 is 11.6 Å². The zero-order chi connectivity index (χ0) is 17.8. The molecule has 0 spiro atoms. The zero-order valence-electron chi connectivity index (χ0n) is 15.9. The number of hydrogen-bond acceptors (Lipinski definition) is 2. The molecule has 2 saturated heterocycles. The van der Waals surface area contributed by atoms with Gasteiger partial charge in [-0.15, -0.1) is 0 Å². The fourth-order valence-corrected chi connectivity index (χ4v) is 4.96. The molecular weight excluding hydrogens is 342 g/mol. The summed E-state index contributed by atoms with van der Waals surface area (Å²) >= 11 is 6.18. The van der Waals surface area contributed by atoms with Crippen LogP contribution in [-0.4, -0.2) is 47.9 Å². The highest BCUT2D eigenvalue weighted by molar-refractivity contribution is 6.30. The van der Waals surface area contributed by atoms with Gasteiger partial charge in [-0.25, -0.2) is 0 Å². The molecule has 26 heavy (non-hydrogen) atoms. The first kappa shape index (κ1) is 18.3. The molecule has 0 N–H and O–H groups in total. The van der Waals surface area contributed by atoms with E-state index in [0.29, 0.717) is 12.1 Å². The van der Waals surface area contributed by atoms with Crippen molar-refractivity contribution < 1.29 is 0 Å². The summed E-state index contributed by atoms with van der Waals surface area (Å²) in [6.45, 7) is 4.71. The molecule has 0 radical (unpaired) electrons. The van der Waals surface area contributed by atoms with Crippen LogP contribution in [0.1, 0.15) is 69.4 Å². The second-order valence-corrected chi connectivity index (χ2v) is 8.61. The third kappa shape index (κ3) is 4.26. The van der Waals surface area contributed by atoms with Gasteiger partial charge in [-0.05, 0) is 69.3 Å². The number of benzene rings is 1. The quantitative estimate of drug-likeness (QED) is 0.526. The lowest BCUT2D eigenvalue weighted by molar-refractivity contribution is 0.281. The molecule has 3 fully saturated rings. The largest absolute Gasteiger partial charge is 0.359 e. The van der Waals surface area contributed by atoms with Gasteiger partial charge in [0, 0.05) is 18.1 Å². The lowest BCUT2D eigenvalue weighted by Gasteiger charge is -2.35. The average molecular weight is 374 g/mol. The van der Waals surface area contributed by atoms with E-state index in [2.05, 4.69) is 21.9 Å². The normalized spacial score (nSPS) is 24.3. The standard InChI is InChI=1S/C22H32ClN3/c23-19-12-10-18(11-13-19)21(25-14-4-5-15-25)22(26-16-6-7-17-26)24-20-8-2-1-3-9-20/h10-13,20-21H,1-9,14-17H2. The van der Waals surface area contributed by atoms with Gasteiger partial charge in [0.15, 0.2) is 0 Å². The molecule has 1 atom stereocenters. The molecule has 142 valence electrons. The van der Waals surface area contributed by atoms with Gasteiger partial charge in [-0.1, -0.05) is 43.0 Å². The van der Waals surface area contributed by atoms with Gasteiger partial charge in [-0.3, -0.25) is 9.89 Å². The van der Waals surface area contributed by atoms with E-state index < -0.39 is 0 Å². The predicted molar refractivity (Wildman–Crippen MR) is 110 cm³/mol. The van der Waals surface area contributed by atoms with Crippen molar-refractivity contribution in [2.75, 3.05) is 26.2 Å². The fraction of sp³-hybridized carbons (Fsp3) is 0.682. The number of hydrogen-bond donors (Lipinski definition) is 0. The van der Waals surface area contributed by atoms with Gasteiger partial charge < -0.3 is 4.90 Å². The molecule has 0 bridgehead atoms. The van der Waals surface area contributed by atoms with Gasteiger partial charge >= 0.3 is 0 Å². The monoisotopic (exact) mass is 373 g/mol. The summed E-state index contributed by atoms with van der Waals surface area (Å²) in [5, 5.41) is 0.820. The van der Waals surface area contributed by atoms with Crippen LogP contribution < -0.4 is 0 Å². The highest BCUT2D eigenvalue weighted by Crippen LogP contribution is 2.32. The molecule has 1 aliphatic carbocycles. The van der Waals surface area contributed by atoms with Gasteiger partial charge in [0.1, 0.15) is 5.84 Å². The summed E-state index contributed by atoms with van der Waals surface area (Å²) < 4.78 is 0. The molecule has 2 heterocycles. The first-order valence-corrected chi connectivity index (χ1v) is 11.0. The number of rotatable bonds is 4. The molecule has 3 aliphatic rings. The minimum Gasteiger partial charge on any atom is -0.359 e. The van der Waals surface area contributed by atoms with Crippen LogP contribution in [0.15, 0.2) is 29.3 Å². The Hall–Kier alpha value is -1.06. The summed E-state index contributed by atoms with van der Waals surface area (Å²) in [6.07, 6.45) is 11.8. The summed E-state index contributed by atoms with van der Waals surface area (Å²) in [4.78, 5) is 10.7. The Kier molecular flexibility index (Phi) is 6.16. The van der Waals surface area contributed by atoms with E-state index in [1.54, 1.807) is 0 Å². The molecular formula is C22H32ClN3. The Morgan fingerprint density at radius 1 is 0.846 bits per heavy atom. The maximum absolute atomic E-state index is 6.18. The number of halogens is 1. The van der Waals surface area contributed by atoms with Crippen molar-refractivity contribution in [3.63, 3.8) is 0 Å². The summed E-state index contributed by atoms with van der Waals surface area (Å²) in [5.74, 6) is 1.35. The van der Waals surface area contributed by atoms with Crippen molar-refractivity contribution in [3.05, 3.63) is 34.9 Å². The topological polar surface area (TPSA) is 18.8 Å². The maximum Gasteiger partial charge on any atom is 0.121 e. The molecule has 2 aliphatic heterocycles. The van der Waals surface area contributed by atoms with Gasteiger partial charge in [0.05, 0.1) is 12.1 Å². The highest BCUT2D eigenvalue weighted by atomic mass is 35.5. The number of amidine groups is 1. The minimum atomic E-state index is 0.301. The van der Waals surface area contributed by atoms with E-state index in [1.165, 1.54) is 95.4 Å². The van der Waals surface area contributed by atoms with Gasteiger partial charge in [0.25, 0.3) is 0 Å². The van der Waals surface area contributed by atoms with Crippen LogP contribution in [-0.2, 0) is 0 Å². The van der Waals surface area contributed by atoms with Crippen molar-refractivity contribution >= 4 is 17.4 Å². The van der Waals surface area contributed by atoms with Crippen molar-refractivity contribution in [1.82, 2.24) is 9.80 Å². The molecule has 0 amide bonds.